The highest BCUT2D eigenvalue weighted by Crippen LogP contribution is 2.34. The molecule has 4 nitrogen and oxygen atoms in total. The molecular weight excluding hydrogens is 434 g/mol. The number of pyridine rings is 1. The Hall–Kier alpha value is -2.34. The molecule has 0 saturated heterocycles. The smallest absolute Gasteiger partial charge is 0.126 e. The zero-order valence-electron chi connectivity index (χ0n) is 17.0. The zero-order chi connectivity index (χ0) is 21.8. The van der Waals surface area contributed by atoms with E-state index < -0.39 is 0 Å². The van der Waals surface area contributed by atoms with Crippen LogP contribution in [-0.4, -0.2) is 17.1 Å². The first-order valence-corrected chi connectivity index (χ1v) is 11.2. The Bertz CT molecular complexity index is 1050. The zero-order valence-corrected chi connectivity index (χ0v) is 18.6. The van der Waals surface area contributed by atoms with E-state index in [0.29, 0.717) is 28.7 Å². The molecule has 1 aliphatic carbocycles. The summed E-state index contributed by atoms with van der Waals surface area (Å²) in [5, 5.41) is 7.95. The van der Waals surface area contributed by atoms with Crippen LogP contribution in [0.1, 0.15) is 31.2 Å². The van der Waals surface area contributed by atoms with Crippen LogP contribution in [0.4, 0.5) is 15.9 Å². The molecule has 1 aromatic heterocycles. The van der Waals surface area contributed by atoms with Crippen molar-refractivity contribution in [2.24, 2.45) is 5.73 Å². The van der Waals surface area contributed by atoms with Gasteiger partial charge in [0.05, 0.1) is 15.7 Å². The molecule has 1 heterocycles. The summed E-state index contributed by atoms with van der Waals surface area (Å²) in [7, 11) is 0. The number of hydrogen-bond donors (Lipinski definition) is 3. The Labute approximate surface area is 192 Å². The summed E-state index contributed by atoms with van der Waals surface area (Å²) in [5.41, 5.74) is 9.40. The van der Waals surface area contributed by atoms with Crippen LogP contribution < -0.4 is 16.4 Å². The van der Waals surface area contributed by atoms with E-state index in [4.69, 9.17) is 28.9 Å². The molecule has 1 saturated carbocycles. The normalized spacial score (nSPS) is 18.6. The first-order valence-electron chi connectivity index (χ1n) is 10.4. The number of nitrogens with zero attached hydrogens (tertiary/aromatic N) is 1. The topological polar surface area (TPSA) is 63.0 Å². The molecule has 2 aromatic carbocycles. The number of rotatable bonds is 6. The molecule has 4 rings (SSSR count). The van der Waals surface area contributed by atoms with Crippen LogP contribution in [0.25, 0.3) is 11.1 Å². The molecule has 0 atom stereocenters. The van der Waals surface area contributed by atoms with Crippen molar-refractivity contribution in [2.75, 3.05) is 10.6 Å². The largest absolute Gasteiger partial charge is 0.380 e. The van der Waals surface area contributed by atoms with Crippen molar-refractivity contribution in [2.45, 2.75) is 44.3 Å². The number of benzene rings is 2. The summed E-state index contributed by atoms with van der Waals surface area (Å²) in [6, 6.07) is 14.8. The Morgan fingerprint density at radius 2 is 1.81 bits per heavy atom. The van der Waals surface area contributed by atoms with Crippen molar-refractivity contribution in [3.05, 3.63) is 76.2 Å². The van der Waals surface area contributed by atoms with Gasteiger partial charge in [0.25, 0.3) is 0 Å². The second kappa shape index (κ2) is 9.86. The van der Waals surface area contributed by atoms with Crippen LogP contribution in [0.2, 0.25) is 10.0 Å². The summed E-state index contributed by atoms with van der Waals surface area (Å²) in [6.07, 6.45) is 5.79. The molecule has 1 fully saturated rings. The van der Waals surface area contributed by atoms with Gasteiger partial charge in [-0.15, -0.1) is 0 Å². The summed E-state index contributed by atoms with van der Waals surface area (Å²) in [4.78, 5) is 4.45. The Morgan fingerprint density at radius 1 is 1.00 bits per heavy atom. The Morgan fingerprint density at radius 3 is 2.58 bits per heavy atom. The minimum absolute atomic E-state index is 0.261. The van der Waals surface area contributed by atoms with Gasteiger partial charge in [-0.3, -0.25) is 0 Å². The van der Waals surface area contributed by atoms with E-state index in [1.165, 1.54) is 12.1 Å². The average Bonchev–Trinajstić information content (AvgIpc) is 2.76. The van der Waals surface area contributed by atoms with E-state index in [0.717, 1.165) is 53.9 Å². The fraction of sp³-hybridized carbons (Fsp3) is 0.292. The van der Waals surface area contributed by atoms with Gasteiger partial charge in [-0.2, -0.15) is 0 Å². The minimum atomic E-state index is -0.261. The molecule has 162 valence electrons. The van der Waals surface area contributed by atoms with E-state index in [-0.39, 0.29) is 5.82 Å². The maximum atomic E-state index is 13.4. The maximum absolute atomic E-state index is 13.4. The first-order chi connectivity index (χ1) is 15.0. The van der Waals surface area contributed by atoms with Gasteiger partial charge in [0.15, 0.2) is 0 Å². The van der Waals surface area contributed by atoms with Gasteiger partial charge in [0, 0.05) is 30.4 Å². The van der Waals surface area contributed by atoms with Crippen molar-refractivity contribution in [1.82, 2.24) is 4.98 Å². The van der Waals surface area contributed by atoms with Gasteiger partial charge in [-0.25, -0.2) is 9.37 Å². The lowest BCUT2D eigenvalue weighted by atomic mass is 9.92. The van der Waals surface area contributed by atoms with Crippen LogP contribution in [0.15, 0.2) is 54.7 Å². The lowest BCUT2D eigenvalue weighted by Gasteiger charge is -2.27. The van der Waals surface area contributed by atoms with Crippen LogP contribution in [0, 0.1) is 5.82 Å². The molecule has 0 aliphatic heterocycles. The van der Waals surface area contributed by atoms with E-state index in [9.17, 15) is 4.39 Å². The van der Waals surface area contributed by atoms with Crippen molar-refractivity contribution in [3.8, 4) is 11.1 Å². The molecule has 1 aliphatic rings. The Balaban J connectivity index is 1.52. The standard InChI is InChI=1S/C24H25Cl2FN4/c25-21-9-4-16(11-23(21)29-13-15-2-1-3-17(27)10-15)20-12-24(30-14-22(20)26)31-19-7-5-18(28)6-8-19/h1-4,9-12,14,18-19,29H,5-8,13,28H2,(H,30,31)/t18-,19-. The summed E-state index contributed by atoms with van der Waals surface area (Å²) in [5.74, 6) is 0.534. The van der Waals surface area contributed by atoms with Crippen molar-refractivity contribution >= 4 is 34.7 Å². The molecule has 0 bridgehead atoms. The number of nitrogens with one attached hydrogen (secondary N) is 2. The quantitative estimate of drug-likeness (QED) is 0.394. The fourth-order valence-corrected chi connectivity index (χ4v) is 4.28. The van der Waals surface area contributed by atoms with Gasteiger partial charge < -0.3 is 16.4 Å². The van der Waals surface area contributed by atoms with Crippen LogP contribution in [-0.2, 0) is 6.54 Å². The molecule has 0 radical (unpaired) electrons. The molecule has 0 amide bonds. The van der Waals surface area contributed by atoms with E-state index in [2.05, 4.69) is 15.6 Å². The second-order valence-corrected chi connectivity index (χ2v) is 8.80. The van der Waals surface area contributed by atoms with Gasteiger partial charge in [0.2, 0.25) is 0 Å². The predicted molar refractivity (Wildman–Crippen MR) is 127 cm³/mol. The lowest BCUT2D eigenvalue weighted by Crippen LogP contribution is -2.33. The van der Waals surface area contributed by atoms with Crippen LogP contribution in [0.5, 0.6) is 0 Å². The molecule has 3 aromatic rings. The predicted octanol–water partition coefficient (Wildman–Crippen LogP) is 6.49. The molecule has 7 heteroatoms. The number of aromatic nitrogens is 1. The van der Waals surface area contributed by atoms with Crippen LogP contribution in [0.3, 0.4) is 0 Å². The second-order valence-electron chi connectivity index (χ2n) is 7.98. The summed E-state index contributed by atoms with van der Waals surface area (Å²) >= 11 is 12.9. The third-order valence-electron chi connectivity index (χ3n) is 5.63. The summed E-state index contributed by atoms with van der Waals surface area (Å²) in [6.45, 7) is 0.460. The number of hydrogen-bond acceptors (Lipinski definition) is 4. The molecular formula is C24H25Cl2FN4. The number of halogens is 3. The van der Waals surface area contributed by atoms with Gasteiger partial charge in [-0.1, -0.05) is 41.4 Å². The highest BCUT2D eigenvalue weighted by molar-refractivity contribution is 6.34. The molecule has 0 spiro atoms. The first kappa shape index (κ1) is 21.9. The van der Waals surface area contributed by atoms with Crippen molar-refractivity contribution in [3.63, 3.8) is 0 Å². The SMILES string of the molecule is N[C@H]1CC[C@H](Nc2cc(-c3ccc(Cl)c(NCc4cccc(F)c4)c3)c(Cl)cn2)CC1. The average molecular weight is 459 g/mol. The number of anilines is 2. The minimum Gasteiger partial charge on any atom is -0.380 e. The van der Waals surface area contributed by atoms with E-state index in [1.807, 2.05) is 30.3 Å². The lowest BCUT2D eigenvalue weighted by molar-refractivity contribution is 0.410. The number of nitrogens with two attached hydrogens (primary N) is 1. The van der Waals surface area contributed by atoms with Crippen molar-refractivity contribution < 1.29 is 4.39 Å². The fourth-order valence-electron chi connectivity index (χ4n) is 3.88. The van der Waals surface area contributed by atoms with E-state index >= 15 is 0 Å². The summed E-state index contributed by atoms with van der Waals surface area (Å²) < 4.78 is 13.4. The van der Waals surface area contributed by atoms with Crippen molar-refractivity contribution in [1.29, 1.82) is 0 Å². The Kier molecular flexibility index (Phi) is 6.96. The molecule has 0 unspecified atom stereocenters. The maximum Gasteiger partial charge on any atom is 0.126 e. The van der Waals surface area contributed by atoms with Gasteiger partial charge in [0.1, 0.15) is 11.6 Å². The third-order valence-corrected chi connectivity index (χ3v) is 6.26. The highest BCUT2D eigenvalue weighted by Gasteiger charge is 2.19. The third kappa shape index (κ3) is 5.67. The van der Waals surface area contributed by atoms with Gasteiger partial charge in [-0.05, 0) is 67.1 Å². The van der Waals surface area contributed by atoms with Gasteiger partial charge >= 0.3 is 0 Å². The van der Waals surface area contributed by atoms with Crippen LogP contribution >= 0.6 is 23.2 Å². The van der Waals surface area contributed by atoms with E-state index in [1.54, 1.807) is 12.3 Å². The molecule has 31 heavy (non-hydrogen) atoms. The molecule has 4 N–H and O–H groups in total. The monoisotopic (exact) mass is 458 g/mol. The highest BCUT2D eigenvalue weighted by atomic mass is 35.5.